The summed E-state index contributed by atoms with van der Waals surface area (Å²) in [4.78, 5) is 130. The Balaban J connectivity index is 0.000000504. The molecule has 567 valence electrons. The van der Waals surface area contributed by atoms with Crippen LogP contribution in [0.5, 0.6) is 5.75 Å². The molecule has 0 saturated carbocycles. The first-order valence-corrected chi connectivity index (χ1v) is 32.5. The van der Waals surface area contributed by atoms with Crippen LogP contribution >= 0.6 is 0 Å². The topological polar surface area (TPSA) is 547 Å². The Kier molecular flexibility index (Phi) is 42.6. The third kappa shape index (κ3) is 35.3. The zero-order chi connectivity index (χ0) is 78.4. The van der Waals surface area contributed by atoms with Gasteiger partial charge in [-0.1, -0.05) is 127 Å². The number of aliphatic imine (C=N–C) groups is 3. The van der Waals surface area contributed by atoms with Crippen LogP contribution in [0.1, 0.15) is 74.2 Å². The number of carbonyl (C=O) groups is 10. The molecule has 1 radical (unpaired) electrons. The fourth-order valence-electron chi connectivity index (χ4n) is 8.30. The van der Waals surface area contributed by atoms with Crippen LogP contribution in [0.2, 0.25) is 0 Å². The number of nitrogens with two attached hydrogens (primary N) is 2. The molecule has 5 aromatic carbocycles. The molecule has 17 N–H and O–H groups in total. The maximum atomic E-state index is 12.9. The second kappa shape index (κ2) is 50.0. The number of nitrogens with one attached hydrogen (secondary N) is 10. The molecule has 5 rings (SSSR count). The van der Waals surface area contributed by atoms with Crippen LogP contribution in [0.3, 0.4) is 0 Å². The van der Waals surface area contributed by atoms with Crippen LogP contribution in [0.4, 0.5) is 0 Å². The number of likely N-dealkylation sites (N-methyl/N-ethyl adjacent to an activating group) is 3. The van der Waals surface area contributed by atoms with E-state index < -0.39 is 121 Å². The van der Waals surface area contributed by atoms with Crippen molar-refractivity contribution in [2.45, 2.75) is 122 Å². The molecular weight excluding hydrogens is 1370 g/mol. The summed E-state index contributed by atoms with van der Waals surface area (Å²) in [5.41, 5.74) is 14.7. The first-order chi connectivity index (χ1) is 50.1. The highest BCUT2D eigenvalue weighted by molar-refractivity contribution is 6.59. The fraction of sp³-hybridized carbons (Fsp3) is 0.368. The van der Waals surface area contributed by atoms with Crippen molar-refractivity contribution in [3.63, 3.8) is 0 Å². The van der Waals surface area contributed by atoms with Gasteiger partial charge in [-0.25, -0.2) is 0 Å². The third-order valence-corrected chi connectivity index (χ3v) is 14.2. The van der Waals surface area contributed by atoms with Crippen LogP contribution in [0, 0.1) is 0 Å². The van der Waals surface area contributed by atoms with Crippen molar-refractivity contribution < 1.29 is 97.2 Å². The number of amides is 9. The van der Waals surface area contributed by atoms with E-state index in [2.05, 4.69) is 72.8 Å². The lowest BCUT2D eigenvalue weighted by Gasteiger charge is -2.23. The SMILES string of the molecule is CNC(=O)C(C)NC(=O)C(CN)NC(=O)C(C)N=C([O-])OCc1ccccc1.CNC(=O)C(C)NC(=O)C(CN)NC(=O)C(C)N=C([O-])OCc1ccccc1.CNC(=O)C(C)NC(=O)C(CNCc1ccccc1B(O)O)NC(=O)C(C)N=C([O-])OCc1ccccc1.O=Cc1ccccc1O[B]O. The minimum absolute atomic E-state index is 0.00610. The maximum Gasteiger partial charge on any atom is 0.569 e. The predicted molar refractivity (Wildman–Crippen MR) is 382 cm³/mol. The Morgan fingerprint density at radius 3 is 1.12 bits per heavy atom. The predicted octanol–water partition coefficient (Wildman–Crippen LogP) is -6.08. The molecule has 9 atom stereocenters. The minimum atomic E-state index is -1.68. The zero-order valence-electron chi connectivity index (χ0n) is 59.4. The van der Waals surface area contributed by atoms with Gasteiger partial charge in [0.15, 0.2) is 6.29 Å². The van der Waals surface area contributed by atoms with Crippen molar-refractivity contribution in [2.24, 2.45) is 26.4 Å². The van der Waals surface area contributed by atoms with Gasteiger partial charge in [-0.05, 0) is 81.4 Å². The van der Waals surface area contributed by atoms with E-state index in [1.54, 1.807) is 121 Å². The van der Waals surface area contributed by atoms with Crippen LogP contribution < -0.4 is 90.1 Å². The summed E-state index contributed by atoms with van der Waals surface area (Å²) in [7, 11) is 3.17. The summed E-state index contributed by atoms with van der Waals surface area (Å²) >= 11 is 0. The largest absolute Gasteiger partial charge is 0.596 e. The highest BCUT2D eigenvalue weighted by Gasteiger charge is 2.29. The van der Waals surface area contributed by atoms with Crippen molar-refractivity contribution in [3.05, 3.63) is 167 Å². The van der Waals surface area contributed by atoms with E-state index >= 15 is 0 Å². The minimum Gasteiger partial charge on any atom is -0.596 e. The summed E-state index contributed by atoms with van der Waals surface area (Å²) in [6.45, 7) is 8.39. The van der Waals surface area contributed by atoms with Crippen LogP contribution in [-0.4, -0.2) is 203 Å². The number of nitrogens with zero attached hydrogens (tertiary/aromatic N) is 3. The molecule has 37 heteroatoms. The van der Waals surface area contributed by atoms with E-state index in [1.165, 1.54) is 62.7 Å². The maximum absolute atomic E-state index is 12.9. The highest BCUT2D eigenvalue weighted by atomic mass is 16.6. The number of ether oxygens (including phenoxy) is 3. The number of para-hydroxylation sites is 1. The normalized spacial score (nSPS) is 13.5. The standard InChI is InChI=1S/C25H34BN5O7.2C18H27N5O5.C7H6BO3/c1-16(22(32)27-3)29-24(34)21(14-28-13-19-11-7-8-12-20(19)26(36)37)31-23(33)17(2)30-25(35)38-15-18-9-5-4-6-10-18;2*1-11(15(24)20-3)21-17(26)14(9-19)23-16(25)12(2)22-18(27)28-10-13-7-5-4-6-8-13;9-5-6-3-1-2-4-7(6)11-8-10/h4-12,16-17,21,28,36-37H,13-15H2,1-3H3,(H,27,32)(H,29,34)(H,30,35)(H,31,33);2*4-8,11-12,14H,9-10,19H2,1-3H3,(H,20,24)(H,21,26)(H,22,27)(H,23,25);1-5,10H/p-3. The third-order valence-electron chi connectivity index (χ3n) is 14.2. The highest BCUT2D eigenvalue weighted by Crippen LogP contribution is 2.14. The molecule has 35 nitrogen and oxygen atoms in total. The van der Waals surface area contributed by atoms with Gasteiger partial charge in [-0.2, -0.15) is 0 Å². The Bertz CT molecular complexity index is 3510. The molecule has 0 heterocycles. The molecule has 0 aliphatic rings. The fourth-order valence-corrected chi connectivity index (χ4v) is 8.30. The molecular formula is C68H91B2N15O20-3. The molecule has 0 fully saturated rings. The number of rotatable bonds is 34. The average Bonchev–Trinajstić information content (AvgIpc) is 0.874. The number of benzene rings is 5. The molecule has 0 spiro atoms. The Morgan fingerprint density at radius 1 is 0.467 bits per heavy atom. The Morgan fingerprint density at radius 2 is 0.790 bits per heavy atom. The molecule has 0 aromatic heterocycles. The lowest BCUT2D eigenvalue weighted by Crippen LogP contribution is -2.56. The van der Waals surface area contributed by atoms with Crippen LogP contribution in [-0.2, 0) is 83.7 Å². The molecule has 9 amide bonds. The smallest absolute Gasteiger partial charge is 0.569 e. The zero-order valence-corrected chi connectivity index (χ0v) is 59.4. The van der Waals surface area contributed by atoms with Gasteiger partial charge >= 0.3 is 14.8 Å². The summed E-state index contributed by atoms with van der Waals surface area (Å²) in [5, 5.41) is 87.9. The lowest BCUT2D eigenvalue weighted by atomic mass is 9.77. The second-order valence-electron chi connectivity index (χ2n) is 22.3. The van der Waals surface area contributed by atoms with Crippen molar-refractivity contribution >= 4 is 98.0 Å². The van der Waals surface area contributed by atoms with Gasteiger partial charge in [-0.3, -0.25) is 62.9 Å². The molecule has 0 saturated heterocycles. The molecule has 105 heavy (non-hydrogen) atoms. The van der Waals surface area contributed by atoms with E-state index in [9.17, 15) is 73.3 Å². The van der Waals surface area contributed by atoms with E-state index in [0.29, 0.717) is 36.3 Å². The number of hydrogen-bond acceptors (Lipinski definition) is 26. The van der Waals surface area contributed by atoms with E-state index in [0.717, 1.165) is 16.7 Å². The number of hydrogen-bond donors (Lipinski definition) is 15. The quantitative estimate of drug-likeness (QED) is 0.00789. The van der Waals surface area contributed by atoms with Crippen molar-refractivity contribution in [3.8, 4) is 5.75 Å². The van der Waals surface area contributed by atoms with Gasteiger partial charge in [0.25, 0.3) is 0 Å². The van der Waals surface area contributed by atoms with Crippen molar-refractivity contribution in [1.29, 1.82) is 0 Å². The van der Waals surface area contributed by atoms with Crippen molar-refractivity contribution in [1.82, 2.24) is 53.2 Å². The summed E-state index contributed by atoms with van der Waals surface area (Å²) in [5.74, 6) is -4.78. The monoisotopic (exact) mass is 1460 g/mol. The Hall–Kier alpha value is -11.5. The molecule has 9 unspecified atom stereocenters. The molecule has 0 bridgehead atoms. The Labute approximate surface area is 608 Å². The van der Waals surface area contributed by atoms with Gasteiger partial charge in [0, 0.05) is 67.1 Å². The number of aldehydes is 1. The van der Waals surface area contributed by atoms with E-state index in [1.807, 2.05) is 18.2 Å². The van der Waals surface area contributed by atoms with E-state index in [-0.39, 0.29) is 57.8 Å². The van der Waals surface area contributed by atoms with Gasteiger partial charge < -0.3 is 114 Å². The lowest BCUT2D eigenvalue weighted by molar-refractivity contribution is -0.253. The van der Waals surface area contributed by atoms with Gasteiger partial charge in [0.1, 0.15) is 78.4 Å². The van der Waals surface area contributed by atoms with Gasteiger partial charge in [0.05, 0.1) is 5.56 Å². The first kappa shape index (κ1) is 89.6. The first-order valence-electron chi connectivity index (χ1n) is 32.5. The van der Waals surface area contributed by atoms with Crippen LogP contribution in [0.25, 0.3) is 0 Å². The number of carbonyl (C=O) groups excluding carboxylic acids is 10. The van der Waals surface area contributed by atoms with Crippen LogP contribution in [0.15, 0.2) is 155 Å². The summed E-state index contributed by atoms with van der Waals surface area (Å²) in [6, 6.07) is 31.2. The summed E-state index contributed by atoms with van der Waals surface area (Å²) in [6.07, 6.45) is -2.05. The molecule has 0 aliphatic heterocycles. The average molecular weight is 1460 g/mol. The molecule has 5 aromatic rings. The van der Waals surface area contributed by atoms with Gasteiger partial charge in [0.2, 0.25) is 53.2 Å². The second-order valence-corrected chi connectivity index (χ2v) is 22.3. The molecule has 0 aliphatic carbocycles. The van der Waals surface area contributed by atoms with Crippen molar-refractivity contribution in [2.75, 3.05) is 40.8 Å². The summed E-state index contributed by atoms with van der Waals surface area (Å²) < 4.78 is 19.7. The van der Waals surface area contributed by atoms with Gasteiger partial charge in [-0.15, -0.1) is 0 Å². The van der Waals surface area contributed by atoms with E-state index in [4.69, 9.17) is 30.7 Å².